The molecule has 1 aromatic heterocycles. The highest BCUT2D eigenvalue weighted by molar-refractivity contribution is 6.04. The molecule has 1 fully saturated rings. The molecule has 1 aliphatic heterocycles. The highest BCUT2D eigenvalue weighted by Crippen LogP contribution is 2.40. The third-order valence-corrected chi connectivity index (χ3v) is 6.27. The van der Waals surface area contributed by atoms with E-state index in [1.165, 1.54) is 7.11 Å². The molecule has 10 heteroatoms. The zero-order valence-corrected chi connectivity index (χ0v) is 18.6. The Morgan fingerprint density at radius 3 is 2.72 bits per heavy atom. The summed E-state index contributed by atoms with van der Waals surface area (Å²) < 4.78 is 5.43. The van der Waals surface area contributed by atoms with Crippen molar-refractivity contribution in [2.45, 2.75) is 51.1 Å². The van der Waals surface area contributed by atoms with Crippen molar-refractivity contribution in [1.82, 2.24) is 15.4 Å². The minimum absolute atomic E-state index is 0.0582. The second kappa shape index (κ2) is 8.99. The lowest BCUT2D eigenvalue weighted by molar-refractivity contribution is -0.120. The molecule has 0 radical (unpaired) electrons. The van der Waals surface area contributed by atoms with E-state index in [4.69, 9.17) is 15.6 Å². The second-order valence-electron chi connectivity index (χ2n) is 8.05. The third-order valence-electron chi connectivity index (χ3n) is 6.27. The third kappa shape index (κ3) is 3.70. The Morgan fingerprint density at radius 2 is 2.06 bits per heavy atom. The van der Waals surface area contributed by atoms with Gasteiger partial charge in [0.15, 0.2) is 5.82 Å². The number of methoxy groups -OCH3 is 1. The summed E-state index contributed by atoms with van der Waals surface area (Å²) in [5, 5.41) is 3.13. The topological polar surface area (TPSA) is 126 Å². The molecule has 170 valence electrons. The molecule has 0 bridgehead atoms. The molecule has 32 heavy (non-hydrogen) atoms. The Hall–Kier alpha value is -3.40. The molecule has 2 heterocycles. The summed E-state index contributed by atoms with van der Waals surface area (Å²) in [6, 6.07) is 5.08. The highest BCUT2D eigenvalue weighted by Gasteiger charge is 2.41. The maximum atomic E-state index is 13.0. The maximum absolute atomic E-state index is 13.0. The van der Waals surface area contributed by atoms with Gasteiger partial charge in [-0.3, -0.25) is 15.0 Å². The molecule has 0 spiro atoms. The number of carbonyl (C=O) groups excluding carboxylic acids is 2. The molecule has 1 atom stereocenters. The average Bonchev–Trinajstić information content (AvgIpc) is 3.35. The molecule has 10 nitrogen and oxygen atoms in total. The Labute approximate surface area is 187 Å². The SMILES string of the molecule is CCC1C(=O)N(C)c2cnc(Nc3c(OC)cccc3C(=O)NN)nc2N1C1CCCC1. The molecule has 4 N–H and O–H groups in total. The van der Waals surface area contributed by atoms with E-state index >= 15 is 0 Å². The summed E-state index contributed by atoms with van der Waals surface area (Å²) in [7, 11) is 3.28. The molecule has 1 aliphatic carbocycles. The number of nitrogens with one attached hydrogen (secondary N) is 2. The monoisotopic (exact) mass is 439 g/mol. The minimum Gasteiger partial charge on any atom is -0.495 e. The van der Waals surface area contributed by atoms with Crippen molar-refractivity contribution in [3.8, 4) is 5.75 Å². The van der Waals surface area contributed by atoms with Crippen molar-refractivity contribution in [3.05, 3.63) is 30.0 Å². The molecule has 0 saturated heterocycles. The zero-order chi connectivity index (χ0) is 22.8. The quantitative estimate of drug-likeness (QED) is 0.356. The van der Waals surface area contributed by atoms with Crippen LogP contribution in [0.1, 0.15) is 49.4 Å². The number of likely N-dealkylation sites (N-methyl/N-ethyl adjacent to an activating group) is 1. The van der Waals surface area contributed by atoms with Crippen molar-refractivity contribution in [3.63, 3.8) is 0 Å². The van der Waals surface area contributed by atoms with Crippen LogP contribution in [0.4, 0.5) is 23.1 Å². The van der Waals surface area contributed by atoms with Crippen LogP contribution in [0.3, 0.4) is 0 Å². The van der Waals surface area contributed by atoms with Gasteiger partial charge in [0, 0.05) is 13.1 Å². The molecular formula is C22H29N7O3. The standard InChI is InChI=1S/C22H29N7O3/c1-4-15-21(31)28(2)16-12-24-22(26-19(16)29(15)13-8-5-6-9-13)25-18-14(20(30)27-23)10-7-11-17(18)32-3/h7,10-13,15H,4-6,8-9,23H2,1-3H3,(H,27,30)(H,24,25,26). The lowest BCUT2D eigenvalue weighted by atomic mass is 10.0. The van der Waals surface area contributed by atoms with E-state index < -0.39 is 5.91 Å². The van der Waals surface area contributed by atoms with Crippen LogP contribution in [-0.4, -0.2) is 48.0 Å². The number of rotatable bonds is 6. The number of fused-ring (bicyclic) bond motifs is 1. The van der Waals surface area contributed by atoms with Gasteiger partial charge in [0.05, 0.1) is 24.6 Å². The fourth-order valence-corrected chi connectivity index (χ4v) is 4.65. The normalized spacial score (nSPS) is 18.5. The number of nitrogens with zero attached hydrogens (tertiary/aromatic N) is 4. The molecule has 2 amide bonds. The van der Waals surface area contributed by atoms with Crippen LogP contribution < -0.4 is 31.1 Å². The van der Waals surface area contributed by atoms with Crippen LogP contribution >= 0.6 is 0 Å². The average molecular weight is 440 g/mol. The predicted molar refractivity (Wildman–Crippen MR) is 122 cm³/mol. The summed E-state index contributed by atoms with van der Waals surface area (Å²) >= 11 is 0. The lowest BCUT2D eigenvalue weighted by Gasteiger charge is -2.43. The van der Waals surface area contributed by atoms with E-state index in [0.29, 0.717) is 35.1 Å². The number of amides is 2. The van der Waals surface area contributed by atoms with E-state index in [-0.39, 0.29) is 18.0 Å². The van der Waals surface area contributed by atoms with Gasteiger partial charge in [0.25, 0.3) is 5.91 Å². The first-order valence-electron chi connectivity index (χ1n) is 10.9. The molecule has 1 aromatic carbocycles. The van der Waals surface area contributed by atoms with Crippen LogP contribution in [0.15, 0.2) is 24.4 Å². The first kappa shape index (κ1) is 21.8. The van der Waals surface area contributed by atoms with Gasteiger partial charge in [-0.05, 0) is 31.4 Å². The van der Waals surface area contributed by atoms with E-state index in [9.17, 15) is 9.59 Å². The smallest absolute Gasteiger partial charge is 0.267 e. The molecule has 4 rings (SSSR count). The molecule has 2 aliphatic rings. The largest absolute Gasteiger partial charge is 0.495 e. The number of anilines is 4. The second-order valence-corrected chi connectivity index (χ2v) is 8.05. The van der Waals surface area contributed by atoms with Gasteiger partial charge in [-0.25, -0.2) is 10.8 Å². The van der Waals surface area contributed by atoms with Crippen LogP contribution in [0.5, 0.6) is 5.75 Å². The summed E-state index contributed by atoms with van der Waals surface area (Å²) in [5.74, 6) is 6.43. The summed E-state index contributed by atoms with van der Waals surface area (Å²) in [6.45, 7) is 2.02. The lowest BCUT2D eigenvalue weighted by Crippen LogP contribution is -2.55. The molecule has 1 saturated carbocycles. The Balaban J connectivity index is 1.78. The van der Waals surface area contributed by atoms with Crippen LogP contribution in [-0.2, 0) is 4.79 Å². The van der Waals surface area contributed by atoms with Gasteiger partial charge >= 0.3 is 0 Å². The molecular weight excluding hydrogens is 410 g/mol. The van der Waals surface area contributed by atoms with Gasteiger partial charge in [-0.2, -0.15) is 4.98 Å². The number of para-hydroxylation sites is 1. The van der Waals surface area contributed by atoms with Gasteiger partial charge in [-0.15, -0.1) is 0 Å². The number of aromatic nitrogens is 2. The van der Waals surface area contributed by atoms with Gasteiger partial charge < -0.3 is 19.9 Å². The first-order valence-corrected chi connectivity index (χ1v) is 10.9. The highest BCUT2D eigenvalue weighted by atomic mass is 16.5. The van der Waals surface area contributed by atoms with Crippen LogP contribution in [0.2, 0.25) is 0 Å². The summed E-state index contributed by atoms with van der Waals surface area (Å²) in [4.78, 5) is 38.4. The zero-order valence-electron chi connectivity index (χ0n) is 18.6. The van der Waals surface area contributed by atoms with Crippen molar-refractivity contribution < 1.29 is 14.3 Å². The number of hydrazine groups is 1. The van der Waals surface area contributed by atoms with Crippen LogP contribution in [0, 0.1) is 0 Å². The predicted octanol–water partition coefficient (Wildman–Crippen LogP) is 2.34. The molecule has 1 unspecified atom stereocenters. The van der Waals surface area contributed by atoms with Gasteiger partial charge in [0.1, 0.15) is 17.5 Å². The fraction of sp³-hybridized carbons (Fsp3) is 0.455. The summed E-state index contributed by atoms with van der Waals surface area (Å²) in [5.41, 5.74) is 3.55. The van der Waals surface area contributed by atoms with Crippen molar-refractivity contribution in [2.75, 3.05) is 29.3 Å². The Bertz CT molecular complexity index is 1020. The number of ether oxygens (including phenoxy) is 1. The number of hydrogen-bond donors (Lipinski definition) is 3. The number of carbonyl (C=O) groups is 2. The van der Waals surface area contributed by atoms with Crippen molar-refractivity contribution >= 4 is 35.0 Å². The van der Waals surface area contributed by atoms with Crippen molar-refractivity contribution in [1.29, 1.82) is 0 Å². The number of hydrogen-bond acceptors (Lipinski definition) is 8. The van der Waals surface area contributed by atoms with E-state index in [1.807, 2.05) is 6.92 Å². The van der Waals surface area contributed by atoms with Crippen LogP contribution in [0.25, 0.3) is 0 Å². The van der Waals surface area contributed by atoms with Crippen molar-refractivity contribution in [2.24, 2.45) is 5.84 Å². The minimum atomic E-state index is -0.465. The molecule has 2 aromatic rings. The Morgan fingerprint density at radius 1 is 1.31 bits per heavy atom. The Kier molecular flexibility index (Phi) is 6.13. The number of nitrogen functional groups attached to an aromatic ring is 1. The van der Waals surface area contributed by atoms with Gasteiger partial charge in [0.2, 0.25) is 11.9 Å². The number of benzene rings is 1. The fourth-order valence-electron chi connectivity index (χ4n) is 4.65. The number of nitrogens with two attached hydrogens (primary N) is 1. The van der Waals surface area contributed by atoms with Gasteiger partial charge in [-0.1, -0.05) is 25.8 Å². The van der Waals surface area contributed by atoms with E-state index in [0.717, 1.165) is 31.5 Å². The maximum Gasteiger partial charge on any atom is 0.267 e. The van der Waals surface area contributed by atoms with E-state index in [1.54, 1.807) is 36.3 Å². The summed E-state index contributed by atoms with van der Waals surface area (Å²) in [6.07, 6.45) is 6.70. The van der Waals surface area contributed by atoms with E-state index in [2.05, 4.69) is 20.6 Å². The first-order chi connectivity index (χ1) is 15.5.